The molecule has 0 fully saturated rings. The van der Waals surface area contributed by atoms with Crippen molar-refractivity contribution in [1.82, 2.24) is 4.98 Å². The molecule has 1 aromatic heterocycles. The summed E-state index contributed by atoms with van der Waals surface area (Å²) in [6.45, 7) is 14.2. The quantitative estimate of drug-likeness (QED) is 0.527. The highest BCUT2D eigenvalue weighted by molar-refractivity contribution is 6.89. The standard InChI is InChI=1S/C23H29NSi/c1-23(2,3)15-20-14-21(24-16-22(20)25(4,5)6)19-12-11-17-9-7-8-10-18(17)13-19/h7-14,16H,15H2,1-6H3. The van der Waals surface area contributed by atoms with Crippen LogP contribution in [0.1, 0.15) is 26.3 Å². The Balaban J connectivity index is 2.11. The van der Waals surface area contributed by atoms with Crippen LogP contribution in [0, 0.1) is 5.41 Å². The third kappa shape index (κ3) is 4.19. The van der Waals surface area contributed by atoms with E-state index in [1.807, 2.05) is 0 Å². The Morgan fingerprint density at radius 1 is 0.880 bits per heavy atom. The zero-order valence-electron chi connectivity index (χ0n) is 16.4. The first-order valence-corrected chi connectivity index (χ1v) is 12.6. The second-order valence-electron chi connectivity index (χ2n) is 9.28. The molecule has 25 heavy (non-hydrogen) atoms. The highest BCUT2D eigenvalue weighted by Gasteiger charge is 2.24. The lowest BCUT2D eigenvalue weighted by atomic mass is 9.88. The molecule has 0 atom stereocenters. The van der Waals surface area contributed by atoms with Gasteiger partial charge in [0.25, 0.3) is 0 Å². The second kappa shape index (κ2) is 6.42. The highest BCUT2D eigenvalue weighted by atomic mass is 28.3. The zero-order valence-corrected chi connectivity index (χ0v) is 17.4. The maximum atomic E-state index is 4.85. The number of pyridine rings is 1. The summed E-state index contributed by atoms with van der Waals surface area (Å²) in [5.74, 6) is 0. The first kappa shape index (κ1) is 17.9. The first-order chi connectivity index (χ1) is 11.6. The van der Waals surface area contributed by atoms with Gasteiger partial charge in [-0.15, -0.1) is 0 Å². The van der Waals surface area contributed by atoms with Gasteiger partial charge in [-0.2, -0.15) is 0 Å². The molecular weight excluding hydrogens is 318 g/mol. The predicted octanol–water partition coefficient (Wildman–Crippen LogP) is 6.04. The van der Waals surface area contributed by atoms with Crippen molar-refractivity contribution in [3.05, 3.63) is 60.3 Å². The van der Waals surface area contributed by atoms with E-state index >= 15 is 0 Å². The minimum Gasteiger partial charge on any atom is -0.256 e. The number of hydrogen-bond donors (Lipinski definition) is 0. The number of fused-ring (bicyclic) bond motifs is 1. The molecular formula is C23H29NSi. The Morgan fingerprint density at radius 3 is 2.20 bits per heavy atom. The Morgan fingerprint density at radius 2 is 1.56 bits per heavy atom. The van der Waals surface area contributed by atoms with Crippen molar-refractivity contribution in [2.75, 3.05) is 0 Å². The van der Waals surface area contributed by atoms with Gasteiger partial charge < -0.3 is 0 Å². The second-order valence-corrected chi connectivity index (χ2v) is 14.3. The molecule has 0 N–H and O–H groups in total. The van der Waals surface area contributed by atoms with Crippen molar-refractivity contribution in [2.45, 2.75) is 46.8 Å². The normalized spacial score (nSPS) is 12.6. The topological polar surface area (TPSA) is 12.9 Å². The molecule has 0 unspecified atom stereocenters. The van der Waals surface area contributed by atoms with Crippen LogP contribution in [0.2, 0.25) is 19.6 Å². The lowest BCUT2D eigenvalue weighted by molar-refractivity contribution is 0.412. The van der Waals surface area contributed by atoms with Crippen LogP contribution in [-0.4, -0.2) is 13.1 Å². The van der Waals surface area contributed by atoms with E-state index in [2.05, 4.69) is 95.1 Å². The van der Waals surface area contributed by atoms with Gasteiger partial charge in [0, 0.05) is 11.8 Å². The van der Waals surface area contributed by atoms with Crippen LogP contribution in [0.3, 0.4) is 0 Å². The summed E-state index contributed by atoms with van der Waals surface area (Å²) in [5.41, 5.74) is 4.05. The lowest BCUT2D eigenvalue weighted by Gasteiger charge is -2.26. The van der Waals surface area contributed by atoms with Gasteiger partial charge in [-0.05, 0) is 45.5 Å². The summed E-state index contributed by atoms with van der Waals surface area (Å²) in [6.07, 6.45) is 3.24. The van der Waals surface area contributed by atoms with Crippen LogP contribution < -0.4 is 5.19 Å². The van der Waals surface area contributed by atoms with E-state index < -0.39 is 8.07 Å². The van der Waals surface area contributed by atoms with Crippen molar-refractivity contribution < 1.29 is 0 Å². The van der Waals surface area contributed by atoms with Gasteiger partial charge in [-0.25, -0.2) is 0 Å². The molecule has 3 aromatic rings. The molecule has 0 aliphatic carbocycles. The van der Waals surface area contributed by atoms with E-state index in [1.165, 1.54) is 27.1 Å². The smallest absolute Gasteiger partial charge is 0.0799 e. The van der Waals surface area contributed by atoms with Crippen LogP contribution in [0.25, 0.3) is 22.0 Å². The Bertz CT molecular complexity index is 898. The molecule has 0 radical (unpaired) electrons. The van der Waals surface area contributed by atoms with Gasteiger partial charge in [0.15, 0.2) is 0 Å². The SMILES string of the molecule is CC(C)(C)Cc1cc(-c2ccc3ccccc3c2)ncc1[Si](C)(C)C. The van der Waals surface area contributed by atoms with E-state index in [4.69, 9.17) is 4.98 Å². The predicted molar refractivity (Wildman–Crippen MR) is 113 cm³/mol. The summed E-state index contributed by atoms with van der Waals surface area (Å²) in [4.78, 5) is 4.85. The molecule has 0 aliphatic heterocycles. The third-order valence-electron chi connectivity index (χ3n) is 4.56. The van der Waals surface area contributed by atoms with Gasteiger partial charge >= 0.3 is 0 Å². The van der Waals surface area contributed by atoms with Crippen molar-refractivity contribution >= 4 is 24.0 Å². The van der Waals surface area contributed by atoms with Gasteiger partial charge in [0.2, 0.25) is 0 Å². The number of aromatic nitrogens is 1. The average Bonchev–Trinajstić information content (AvgIpc) is 2.51. The number of nitrogens with zero attached hydrogens (tertiary/aromatic N) is 1. The first-order valence-electron chi connectivity index (χ1n) is 9.12. The van der Waals surface area contributed by atoms with E-state index in [-0.39, 0.29) is 5.41 Å². The molecule has 0 spiro atoms. The fourth-order valence-electron chi connectivity index (χ4n) is 3.40. The number of rotatable bonds is 3. The molecule has 1 heterocycles. The largest absolute Gasteiger partial charge is 0.256 e. The summed E-state index contributed by atoms with van der Waals surface area (Å²) in [6, 6.07) is 17.5. The third-order valence-corrected chi connectivity index (χ3v) is 6.63. The van der Waals surface area contributed by atoms with Crippen LogP contribution >= 0.6 is 0 Å². The van der Waals surface area contributed by atoms with E-state index in [1.54, 1.807) is 0 Å². The molecule has 130 valence electrons. The fourth-order valence-corrected chi connectivity index (χ4v) is 4.97. The van der Waals surface area contributed by atoms with Crippen LogP contribution in [0.4, 0.5) is 0 Å². The molecule has 3 rings (SSSR count). The highest BCUT2D eigenvalue weighted by Crippen LogP contribution is 2.26. The van der Waals surface area contributed by atoms with Crippen LogP contribution in [0.5, 0.6) is 0 Å². The Labute approximate surface area is 153 Å². The molecule has 0 bridgehead atoms. The van der Waals surface area contributed by atoms with E-state index in [0.29, 0.717) is 0 Å². The van der Waals surface area contributed by atoms with E-state index in [0.717, 1.165) is 12.1 Å². The van der Waals surface area contributed by atoms with Crippen molar-refractivity contribution in [2.24, 2.45) is 5.41 Å². The van der Waals surface area contributed by atoms with Crippen molar-refractivity contribution in [3.63, 3.8) is 0 Å². The molecule has 2 heteroatoms. The summed E-state index contributed by atoms with van der Waals surface area (Å²) >= 11 is 0. The minimum atomic E-state index is -1.41. The van der Waals surface area contributed by atoms with E-state index in [9.17, 15) is 0 Å². The van der Waals surface area contributed by atoms with Crippen molar-refractivity contribution in [3.8, 4) is 11.3 Å². The van der Waals surface area contributed by atoms with Gasteiger partial charge in [0.1, 0.15) is 0 Å². The zero-order chi connectivity index (χ0) is 18.2. The summed E-state index contributed by atoms with van der Waals surface area (Å²) < 4.78 is 0. The van der Waals surface area contributed by atoms with Crippen molar-refractivity contribution in [1.29, 1.82) is 0 Å². The van der Waals surface area contributed by atoms with Gasteiger partial charge in [-0.3, -0.25) is 4.98 Å². The number of hydrogen-bond acceptors (Lipinski definition) is 1. The molecule has 0 saturated carbocycles. The molecule has 0 amide bonds. The Kier molecular flexibility index (Phi) is 4.59. The van der Waals surface area contributed by atoms with Gasteiger partial charge in [0.05, 0.1) is 13.8 Å². The molecule has 1 nitrogen and oxygen atoms in total. The number of benzene rings is 2. The van der Waals surface area contributed by atoms with Crippen LogP contribution in [-0.2, 0) is 6.42 Å². The fraction of sp³-hybridized carbons (Fsp3) is 0.348. The van der Waals surface area contributed by atoms with Crippen LogP contribution in [0.15, 0.2) is 54.7 Å². The summed E-state index contributed by atoms with van der Waals surface area (Å²) in [5, 5.41) is 4.04. The maximum Gasteiger partial charge on any atom is 0.0799 e. The monoisotopic (exact) mass is 347 g/mol. The molecule has 0 aliphatic rings. The maximum absolute atomic E-state index is 4.85. The molecule has 0 saturated heterocycles. The van der Waals surface area contributed by atoms with Gasteiger partial charge in [-0.1, -0.05) is 76.8 Å². The minimum absolute atomic E-state index is 0.274. The lowest BCUT2D eigenvalue weighted by Crippen LogP contribution is -2.41. The summed E-state index contributed by atoms with van der Waals surface area (Å²) in [7, 11) is -1.41. The molecule has 2 aromatic carbocycles. The Hall–Kier alpha value is -1.93. The average molecular weight is 348 g/mol.